The van der Waals surface area contributed by atoms with Gasteiger partial charge < -0.3 is 15.8 Å². The van der Waals surface area contributed by atoms with Crippen LogP contribution in [0.4, 0.5) is 0 Å². The van der Waals surface area contributed by atoms with Crippen molar-refractivity contribution in [3.05, 3.63) is 50.6 Å². The number of nitrogens with zero attached hydrogens (tertiary/aromatic N) is 1. The summed E-state index contributed by atoms with van der Waals surface area (Å²) < 4.78 is 6.85. The number of rotatable bonds is 3. The molecule has 3 atom stereocenters. The Morgan fingerprint density at radius 1 is 1.30 bits per heavy atom. The van der Waals surface area contributed by atoms with Gasteiger partial charge in [-0.2, -0.15) is 0 Å². The Hall–Kier alpha value is -1.53. The van der Waals surface area contributed by atoms with Gasteiger partial charge in [-0.3, -0.25) is 0 Å². The summed E-state index contributed by atoms with van der Waals surface area (Å²) in [6.07, 6.45) is 1.99. The van der Waals surface area contributed by atoms with Crippen LogP contribution in [-0.2, 0) is 0 Å². The molecule has 4 nitrogen and oxygen atoms in total. The fourth-order valence-corrected chi connectivity index (χ4v) is 4.65. The zero-order chi connectivity index (χ0) is 15.8. The van der Waals surface area contributed by atoms with E-state index in [1.807, 2.05) is 18.2 Å². The summed E-state index contributed by atoms with van der Waals surface area (Å²) >= 11 is 5.31. The monoisotopic (exact) mass is 391 g/mol. The average molecular weight is 392 g/mol. The van der Waals surface area contributed by atoms with Crippen molar-refractivity contribution < 1.29 is 4.74 Å². The largest absolute Gasteiger partial charge is 0.493 e. The first-order valence-corrected chi connectivity index (χ1v) is 9.38. The lowest BCUT2D eigenvalue weighted by Gasteiger charge is -2.23. The van der Waals surface area contributed by atoms with Crippen molar-refractivity contribution in [2.75, 3.05) is 6.61 Å². The van der Waals surface area contributed by atoms with Gasteiger partial charge in [-0.1, -0.05) is 18.2 Å². The van der Waals surface area contributed by atoms with E-state index < -0.39 is 0 Å². The highest BCUT2D eigenvalue weighted by molar-refractivity contribution is 9.11. The third-order valence-corrected chi connectivity index (χ3v) is 6.06. The topological polar surface area (TPSA) is 59.6 Å². The minimum Gasteiger partial charge on any atom is -0.493 e. The molecule has 1 unspecified atom stereocenters. The Morgan fingerprint density at radius 2 is 2.17 bits per heavy atom. The van der Waals surface area contributed by atoms with E-state index in [1.165, 1.54) is 8.66 Å². The van der Waals surface area contributed by atoms with E-state index in [1.54, 1.807) is 11.3 Å². The van der Waals surface area contributed by atoms with Crippen LogP contribution in [0.5, 0.6) is 5.75 Å². The van der Waals surface area contributed by atoms with Crippen molar-refractivity contribution in [3.63, 3.8) is 0 Å². The minimum absolute atomic E-state index is 0.0838. The van der Waals surface area contributed by atoms with Crippen LogP contribution in [0, 0.1) is 0 Å². The maximum absolute atomic E-state index is 6.14. The zero-order valence-electron chi connectivity index (χ0n) is 12.5. The van der Waals surface area contributed by atoms with Crippen LogP contribution < -0.4 is 15.8 Å². The summed E-state index contributed by atoms with van der Waals surface area (Å²) in [5, 5.41) is 3.37. The highest BCUT2D eigenvalue weighted by Crippen LogP contribution is 2.44. The molecule has 2 aromatic rings. The maximum atomic E-state index is 6.14. The van der Waals surface area contributed by atoms with Crippen molar-refractivity contribution in [2.45, 2.75) is 30.8 Å². The number of hydrogen-bond donors (Lipinski definition) is 2. The van der Waals surface area contributed by atoms with Gasteiger partial charge in [-0.15, -0.1) is 11.3 Å². The molecule has 1 aromatic heterocycles. The zero-order valence-corrected chi connectivity index (χ0v) is 14.9. The minimum atomic E-state index is 0.0838. The number of halogens is 1. The van der Waals surface area contributed by atoms with Crippen LogP contribution >= 0.6 is 27.3 Å². The van der Waals surface area contributed by atoms with Gasteiger partial charge in [-0.25, -0.2) is 4.99 Å². The lowest BCUT2D eigenvalue weighted by atomic mass is 10.0. The molecule has 1 aliphatic heterocycles. The van der Waals surface area contributed by atoms with Gasteiger partial charge in [0.1, 0.15) is 5.75 Å². The smallest absolute Gasteiger partial charge is 0.189 e. The molecule has 0 radical (unpaired) electrons. The number of fused-ring (bicyclic) bond motifs is 1. The Morgan fingerprint density at radius 3 is 3.00 bits per heavy atom. The molecule has 0 amide bonds. The summed E-state index contributed by atoms with van der Waals surface area (Å²) in [5.74, 6) is 2.02. The Kier molecular flexibility index (Phi) is 4.03. The Labute approximate surface area is 147 Å². The lowest BCUT2D eigenvalue weighted by Crippen LogP contribution is -2.34. The molecule has 1 aliphatic carbocycles. The van der Waals surface area contributed by atoms with Gasteiger partial charge in [0.15, 0.2) is 5.96 Å². The highest BCUT2D eigenvalue weighted by atomic mass is 79.9. The number of aliphatic imine (C=N–C) groups is 1. The highest BCUT2D eigenvalue weighted by Gasteiger charge is 2.40. The lowest BCUT2D eigenvalue weighted by molar-refractivity contribution is 0.269. The number of benzene rings is 1. The number of nitrogens with two attached hydrogens (primary N) is 1. The van der Waals surface area contributed by atoms with Gasteiger partial charge in [0.2, 0.25) is 0 Å². The van der Waals surface area contributed by atoms with E-state index in [4.69, 9.17) is 10.5 Å². The number of guanidine groups is 1. The predicted molar refractivity (Wildman–Crippen MR) is 97.2 cm³/mol. The van der Waals surface area contributed by atoms with Crippen molar-refractivity contribution in [1.29, 1.82) is 0 Å². The molecule has 1 fully saturated rings. The quantitative estimate of drug-likeness (QED) is 0.617. The molecule has 4 rings (SSSR count). The molecule has 3 N–H and O–H groups in total. The van der Waals surface area contributed by atoms with E-state index in [9.17, 15) is 0 Å². The standard InChI is InChI=1S/C17H18BrN3OS/c18-16-6-5-15(23-16)11-9-13(11)21-17(19)20-12-7-8-22-14-4-2-1-3-10(12)14/h1-6,11-13H,7-9H2,(H3,19,20,21)/t11-,12?,13-/m1/s1. The maximum Gasteiger partial charge on any atom is 0.189 e. The molecule has 6 heteroatoms. The second-order valence-corrected chi connectivity index (χ2v) is 8.43. The van der Waals surface area contributed by atoms with Crippen LogP contribution in [0.25, 0.3) is 0 Å². The van der Waals surface area contributed by atoms with Crippen LogP contribution in [-0.4, -0.2) is 18.6 Å². The average Bonchev–Trinajstić information content (AvgIpc) is 3.17. The molecular formula is C17H18BrN3OS. The molecule has 2 aliphatic rings. The summed E-state index contributed by atoms with van der Waals surface area (Å²) in [6, 6.07) is 12.8. The number of hydrogen-bond acceptors (Lipinski definition) is 3. The van der Waals surface area contributed by atoms with Crippen molar-refractivity contribution >= 4 is 33.2 Å². The summed E-state index contributed by atoms with van der Waals surface area (Å²) in [7, 11) is 0. The fraction of sp³-hybridized carbons (Fsp3) is 0.353. The fourth-order valence-electron chi connectivity index (χ4n) is 3.05. The molecule has 0 saturated heterocycles. The molecule has 1 saturated carbocycles. The first-order valence-electron chi connectivity index (χ1n) is 7.77. The number of para-hydroxylation sites is 1. The molecule has 0 spiro atoms. The first-order chi connectivity index (χ1) is 11.2. The normalized spacial score (nSPS) is 26.3. The predicted octanol–water partition coefficient (Wildman–Crippen LogP) is 3.79. The molecule has 2 heterocycles. The van der Waals surface area contributed by atoms with E-state index in [-0.39, 0.29) is 6.04 Å². The van der Waals surface area contributed by atoms with Gasteiger partial charge in [0.25, 0.3) is 0 Å². The van der Waals surface area contributed by atoms with Crippen LogP contribution in [0.2, 0.25) is 0 Å². The SMILES string of the molecule is NC(=NC1CCOc2ccccc21)N[C@@H]1C[C@H]1c1ccc(Br)s1. The van der Waals surface area contributed by atoms with Crippen molar-refractivity contribution in [2.24, 2.45) is 10.7 Å². The summed E-state index contributed by atoms with van der Waals surface area (Å²) in [6.45, 7) is 0.688. The molecule has 1 aromatic carbocycles. The van der Waals surface area contributed by atoms with Gasteiger partial charge in [0, 0.05) is 28.8 Å². The second-order valence-electron chi connectivity index (χ2n) is 5.94. The van der Waals surface area contributed by atoms with Crippen LogP contribution in [0.15, 0.2) is 45.2 Å². The second kappa shape index (κ2) is 6.17. The number of ether oxygens (including phenoxy) is 1. The molecule has 120 valence electrons. The third-order valence-electron chi connectivity index (χ3n) is 4.30. The van der Waals surface area contributed by atoms with Gasteiger partial charge in [-0.05, 0) is 40.5 Å². The summed E-state index contributed by atoms with van der Waals surface area (Å²) in [5.41, 5.74) is 7.26. The van der Waals surface area contributed by atoms with E-state index in [0.29, 0.717) is 24.5 Å². The molecular weight excluding hydrogens is 374 g/mol. The Bertz CT molecular complexity index is 745. The third kappa shape index (κ3) is 3.23. The molecule has 23 heavy (non-hydrogen) atoms. The van der Waals surface area contributed by atoms with Gasteiger partial charge in [0.05, 0.1) is 16.4 Å². The van der Waals surface area contributed by atoms with E-state index in [2.05, 4.69) is 44.4 Å². The number of nitrogens with one attached hydrogen (secondary N) is 1. The van der Waals surface area contributed by atoms with Crippen molar-refractivity contribution in [1.82, 2.24) is 5.32 Å². The van der Waals surface area contributed by atoms with E-state index in [0.717, 1.165) is 24.2 Å². The van der Waals surface area contributed by atoms with Crippen LogP contribution in [0.3, 0.4) is 0 Å². The van der Waals surface area contributed by atoms with Crippen molar-refractivity contribution in [3.8, 4) is 5.75 Å². The van der Waals surface area contributed by atoms with Crippen LogP contribution in [0.1, 0.15) is 35.2 Å². The molecule has 0 bridgehead atoms. The number of thiophene rings is 1. The summed E-state index contributed by atoms with van der Waals surface area (Å²) in [4.78, 5) is 6.09. The van der Waals surface area contributed by atoms with E-state index >= 15 is 0 Å². The Balaban J connectivity index is 1.42. The first kappa shape index (κ1) is 15.0. The van der Waals surface area contributed by atoms with Gasteiger partial charge >= 0.3 is 0 Å².